The van der Waals surface area contributed by atoms with E-state index >= 15 is 0 Å². The Kier molecular flexibility index (Phi) is 6.26. The van der Waals surface area contributed by atoms with Crippen LogP contribution in [0, 0.1) is 30.2 Å². The number of fused-ring (bicyclic) bond motifs is 6. The summed E-state index contributed by atoms with van der Waals surface area (Å²) in [6.07, 6.45) is 6.50. The number of carbonyl (C=O) groups excluding carboxylic acids is 2. The maximum Gasteiger partial charge on any atom is 0.247 e. The van der Waals surface area contributed by atoms with Crippen LogP contribution in [0.3, 0.4) is 0 Å². The molecular weight excluding hydrogens is 484 g/mol. The molecule has 1 aromatic heterocycles. The molecule has 6 rings (SSSR count). The Hall–Kier alpha value is -3.58. The Morgan fingerprint density at radius 3 is 2.95 bits per heavy atom. The first-order valence-corrected chi connectivity index (χ1v) is 13.6. The largest absolute Gasteiger partial charge is 0.461 e. The van der Waals surface area contributed by atoms with Crippen molar-refractivity contribution in [1.29, 1.82) is 5.26 Å². The van der Waals surface area contributed by atoms with Crippen molar-refractivity contribution in [2.45, 2.75) is 63.7 Å². The molecule has 2 aromatic rings. The van der Waals surface area contributed by atoms with Gasteiger partial charge in [-0.1, -0.05) is 0 Å². The molecule has 200 valence electrons. The molecule has 2 N–H and O–H groups in total. The summed E-state index contributed by atoms with van der Waals surface area (Å²) >= 11 is 0. The molecule has 0 aliphatic carbocycles. The Morgan fingerprint density at radius 1 is 1.26 bits per heavy atom. The molecule has 4 aliphatic rings. The van der Waals surface area contributed by atoms with Crippen LogP contribution in [0.5, 0.6) is 0 Å². The fourth-order valence-corrected chi connectivity index (χ4v) is 6.84. The molecule has 10 heteroatoms. The Morgan fingerprint density at radius 2 is 2.13 bits per heavy atom. The first kappa shape index (κ1) is 24.7. The number of ether oxygens (including phenoxy) is 1. The number of guanidine groups is 1. The summed E-state index contributed by atoms with van der Waals surface area (Å²) in [6, 6.07) is 6.86. The van der Waals surface area contributed by atoms with Crippen molar-refractivity contribution in [3.05, 3.63) is 30.0 Å². The standard InChI is InChI=1S/C28H34N6O4/c1-17-11-18-12-19(6-7-23(18)37-17)31-27(30-16-29)32-22-5-3-4-10-33(26(22)36)15-25(35)34-13-20-21(14-34)28(2)9-8-24(20)38-28/h6-7,11-12,20-22,24H,3-5,8-10,13-15H2,1-2H3,(H2,30,31,32)/t20?,21?,22?,24?,28-/m0/s1. The molecule has 4 saturated heterocycles. The van der Waals surface area contributed by atoms with Crippen LogP contribution in [-0.2, 0) is 14.3 Å². The number of aliphatic imine (C=N–C) groups is 1. The van der Waals surface area contributed by atoms with Gasteiger partial charge in [0.05, 0.1) is 18.2 Å². The molecule has 2 amide bonds. The van der Waals surface area contributed by atoms with Crippen LogP contribution in [0.1, 0.15) is 44.8 Å². The smallest absolute Gasteiger partial charge is 0.247 e. The number of amides is 2. The monoisotopic (exact) mass is 518 g/mol. The number of likely N-dealkylation sites (tertiary alicyclic amines) is 2. The first-order valence-electron chi connectivity index (χ1n) is 13.6. The molecule has 5 atom stereocenters. The number of carbonyl (C=O) groups is 2. The van der Waals surface area contributed by atoms with Crippen molar-refractivity contribution in [3.63, 3.8) is 0 Å². The van der Waals surface area contributed by atoms with Gasteiger partial charge in [0.15, 0.2) is 6.19 Å². The van der Waals surface area contributed by atoms with Crippen molar-refractivity contribution >= 4 is 34.4 Å². The minimum absolute atomic E-state index is 0.00224. The SMILES string of the molecule is Cc1cc2cc(NC(=NC3CCCCN(CC(=O)N4CC5C6CC[C@](C)(O6)C5C4)C3=O)NC#N)ccc2o1. The van der Waals surface area contributed by atoms with E-state index in [1.807, 2.05) is 42.3 Å². The van der Waals surface area contributed by atoms with Crippen LogP contribution < -0.4 is 10.6 Å². The van der Waals surface area contributed by atoms with Gasteiger partial charge >= 0.3 is 0 Å². The van der Waals surface area contributed by atoms with Gasteiger partial charge in [-0.15, -0.1) is 0 Å². The third-order valence-electron chi connectivity index (χ3n) is 8.77. The van der Waals surface area contributed by atoms with Crippen molar-refractivity contribution in [1.82, 2.24) is 15.1 Å². The van der Waals surface area contributed by atoms with Crippen molar-refractivity contribution in [2.24, 2.45) is 16.8 Å². The molecule has 38 heavy (non-hydrogen) atoms. The Bertz CT molecular complexity index is 1330. The van der Waals surface area contributed by atoms with Gasteiger partial charge in [-0.3, -0.25) is 14.9 Å². The van der Waals surface area contributed by atoms with Crippen LogP contribution in [0.4, 0.5) is 5.69 Å². The molecule has 1 aromatic carbocycles. The van der Waals surface area contributed by atoms with Gasteiger partial charge in [0.25, 0.3) is 0 Å². The lowest BCUT2D eigenvalue weighted by molar-refractivity contribution is -0.140. The van der Waals surface area contributed by atoms with E-state index in [9.17, 15) is 14.9 Å². The molecule has 2 bridgehead atoms. The number of nitrogens with zero attached hydrogens (tertiary/aromatic N) is 4. The molecule has 5 heterocycles. The van der Waals surface area contributed by atoms with Gasteiger partial charge in [-0.25, -0.2) is 4.99 Å². The molecule has 0 saturated carbocycles. The van der Waals surface area contributed by atoms with E-state index in [1.165, 1.54) is 0 Å². The van der Waals surface area contributed by atoms with Crippen LogP contribution in [0.2, 0.25) is 0 Å². The lowest BCUT2D eigenvalue weighted by atomic mass is 9.75. The summed E-state index contributed by atoms with van der Waals surface area (Å²) in [5.41, 5.74) is 1.38. The van der Waals surface area contributed by atoms with Crippen molar-refractivity contribution in [3.8, 4) is 6.19 Å². The van der Waals surface area contributed by atoms with E-state index in [1.54, 1.807) is 4.90 Å². The predicted octanol–water partition coefficient (Wildman–Crippen LogP) is 2.99. The number of nitrogens with one attached hydrogen (secondary N) is 2. The van der Waals surface area contributed by atoms with Gasteiger partial charge < -0.3 is 24.3 Å². The zero-order chi connectivity index (χ0) is 26.4. The minimum Gasteiger partial charge on any atom is -0.461 e. The Balaban J connectivity index is 1.14. The van der Waals surface area contributed by atoms with E-state index in [0.717, 1.165) is 48.1 Å². The average Bonchev–Trinajstić information content (AvgIpc) is 3.62. The number of hydrogen-bond acceptors (Lipinski definition) is 6. The Labute approximate surface area is 222 Å². The predicted molar refractivity (Wildman–Crippen MR) is 141 cm³/mol. The normalized spacial score (nSPS) is 30.9. The summed E-state index contributed by atoms with van der Waals surface area (Å²) in [4.78, 5) is 35.0. The van der Waals surface area contributed by atoms with Crippen LogP contribution in [0.25, 0.3) is 11.0 Å². The summed E-state index contributed by atoms with van der Waals surface area (Å²) in [6.45, 7) is 6.10. The van der Waals surface area contributed by atoms with Gasteiger partial charge in [-0.05, 0) is 70.2 Å². The number of hydrogen-bond donors (Lipinski definition) is 2. The maximum absolute atomic E-state index is 13.5. The van der Waals surface area contributed by atoms with E-state index < -0.39 is 6.04 Å². The molecule has 4 aliphatic heterocycles. The third-order valence-corrected chi connectivity index (χ3v) is 8.77. The molecule has 0 radical (unpaired) electrons. The van der Waals surface area contributed by atoms with E-state index in [-0.39, 0.29) is 36.0 Å². The lowest BCUT2D eigenvalue weighted by Gasteiger charge is -2.29. The molecular formula is C28H34N6O4. The molecule has 10 nitrogen and oxygen atoms in total. The number of aryl methyl sites for hydroxylation is 1. The molecule has 0 spiro atoms. The first-order chi connectivity index (χ1) is 18.3. The van der Waals surface area contributed by atoms with E-state index in [2.05, 4.69) is 22.5 Å². The summed E-state index contributed by atoms with van der Waals surface area (Å²) in [5, 5.41) is 15.9. The lowest BCUT2D eigenvalue weighted by Crippen LogP contribution is -2.46. The van der Waals surface area contributed by atoms with Crippen molar-refractivity contribution < 1.29 is 18.7 Å². The number of benzene rings is 1. The van der Waals surface area contributed by atoms with Gasteiger partial charge in [-0.2, -0.15) is 5.26 Å². The summed E-state index contributed by atoms with van der Waals surface area (Å²) in [7, 11) is 0. The zero-order valence-electron chi connectivity index (χ0n) is 21.9. The topological polar surface area (TPSA) is 123 Å². The fourth-order valence-electron chi connectivity index (χ4n) is 6.84. The summed E-state index contributed by atoms with van der Waals surface area (Å²) in [5.74, 6) is 1.63. The average molecular weight is 519 g/mol. The van der Waals surface area contributed by atoms with E-state index in [0.29, 0.717) is 37.9 Å². The van der Waals surface area contributed by atoms with Crippen molar-refractivity contribution in [2.75, 3.05) is 31.5 Å². The second-order valence-electron chi connectivity index (χ2n) is 11.3. The zero-order valence-corrected chi connectivity index (χ0v) is 21.9. The molecule has 4 unspecified atom stereocenters. The van der Waals surface area contributed by atoms with Gasteiger partial charge in [0, 0.05) is 42.5 Å². The van der Waals surface area contributed by atoms with Crippen LogP contribution in [-0.4, -0.2) is 71.5 Å². The quantitative estimate of drug-likeness (QED) is 0.276. The van der Waals surface area contributed by atoms with E-state index in [4.69, 9.17) is 9.15 Å². The van der Waals surface area contributed by atoms with Gasteiger partial charge in [0.1, 0.15) is 17.4 Å². The number of nitriles is 1. The van der Waals surface area contributed by atoms with Crippen LogP contribution >= 0.6 is 0 Å². The second kappa shape index (κ2) is 9.62. The highest BCUT2D eigenvalue weighted by Gasteiger charge is 2.60. The number of anilines is 1. The fraction of sp³-hybridized carbons (Fsp3) is 0.571. The maximum atomic E-state index is 13.5. The number of rotatable bonds is 4. The second-order valence-corrected chi connectivity index (χ2v) is 11.3. The van der Waals surface area contributed by atoms with Crippen LogP contribution in [0.15, 0.2) is 33.7 Å². The molecule has 4 fully saturated rings. The minimum atomic E-state index is -0.672. The highest BCUT2D eigenvalue weighted by atomic mass is 16.5. The highest BCUT2D eigenvalue weighted by molar-refractivity contribution is 5.98. The number of furan rings is 1. The summed E-state index contributed by atoms with van der Waals surface area (Å²) < 4.78 is 11.8. The third kappa shape index (κ3) is 4.49. The highest BCUT2D eigenvalue weighted by Crippen LogP contribution is 2.53. The van der Waals surface area contributed by atoms with Gasteiger partial charge in [0.2, 0.25) is 17.8 Å².